The van der Waals surface area contributed by atoms with Crippen LogP contribution in [0.25, 0.3) is 0 Å². The number of benzene rings is 1. The fraction of sp³-hybridized carbons (Fsp3) is 0.231. The van der Waals surface area contributed by atoms with E-state index in [4.69, 9.17) is 0 Å². The van der Waals surface area contributed by atoms with E-state index < -0.39 is 0 Å². The Morgan fingerprint density at radius 3 is 2.55 bits per heavy atom. The molecule has 0 unspecified atom stereocenters. The molecule has 0 aliphatic rings. The third-order valence-corrected chi connectivity index (χ3v) is 4.07. The van der Waals surface area contributed by atoms with Crippen molar-refractivity contribution >= 4 is 37.5 Å². The molecular formula is C13H13Br2N3O2. The van der Waals surface area contributed by atoms with Crippen LogP contribution in [0, 0.1) is 0 Å². The SMILES string of the molecule is Cn1cc(CNc2ccc(Br)cc2Br)c(=O)n(C)c1=O. The molecule has 0 aliphatic carbocycles. The summed E-state index contributed by atoms with van der Waals surface area (Å²) >= 11 is 6.83. The lowest BCUT2D eigenvalue weighted by atomic mass is 10.3. The van der Waals surface area contributed by atoms with Crippen molar-refractivity contribution in [1.82, 2.24) is 9.13 Å². The normalized spacial score (nSPS) is 10.6. The summed E-state index contributed by atoms with van der Waals surface area (Å²) in [7, 11) is 3.10. The minimum absolute atomic E-state index is 0.283. The van der Waals surface area contributed by atoms with E-state index in [1.807, 2.05) is 18.2 Å². The Labute approximate surface area is 132 Å². The van der Waals surface area contributed by atoms with Crippen molar-refractivity contribution in [2.45, 2.75) is 6.54 Å². The molecule has 2 rings (SSSR count). The summed E-state index contributed by atoms with van der Waals surface area (Å²) in [5, 5.41) is 3.17. The molecule has 5 nitrogen and oxygen atoms in total. The summed E-state index contributed by atoms with van der Waals surface area (Å²) in [5.41, 5.74) is 0.797. The minimum Gasteiger partial charge on any atom is -0.380 e. The average molecular weight is 403 g/mol. The summed E-state index contributed by atoms with van der Waals surface area (Å²) in [5.74, 6) is 0. The molecule has 20 heavy (non-hydrogen) atoms. The monoisotopic (exact) mass is 401 g/mol. The van der Waals surface area contributed by atoms with Crippen LogP contribution >= 0.6 is 31.9 Å². The predicted octanol–water partition coefficient (Wildman–Crippen LogP) is 2.22. The highest BCUT2D eigenvalue weighted by Gasteiger charge is 2.07. The molecule has 2 aromatic rings. The van der Waals surface area contributed by atoms with E-state index in [0.29, 0.717) is 12.1 Å². The third kappa shape index (κ3) is 3.04. The standard InChI is InChI=1S/C13H13Br2N3O2/c1-17-7-8(12(19)18(2)13(17)20)6-16-11-4-3-9(14)5-10(11)15/h3-5,7,16H,6H2,1-2H3. The molecule has 0 saturated heterocycles. The Kier molecular flexibility index (Phi) is 4.49. The van der Waals surface area contributed by atoms with Crippen molar-refractivity contribution in [2.24, 2.45) is 14.1 Å². The van der Waals surface area contributed by atoms with Crippen LogP contribution in [0.3, 0.4) is 0 Å². The van der Waals surface area contributed by atoms with Gasteiger partial charge < -0.3 is 9.88 Å². The first-order valence-corrected chi connectivity index (χ1v) is 7.43. The van der Waals surface area contributed by atoms with E-state index in [-0.39, 0.29) is 11.2 Å². The Balaban J connectivity index is 2.28. The summed E-state index contributed by atoms with van der Waals surface area (Å²) in [4.78, 5) is 23.6. The van der Waals surface area contributed by atoms with Gasteiger partial charge in [-0.1, -0.05) is 15.9 Å². The second kappa shape index (κ2) is 5.97. The minimum atomic E-state index is -0.330. The van der Waals surface area contributed by atoms with Gasteiger partial charge in [0.05, 0.1) is 5.56 Å². The van der Waals surface area contributed by atoms with Crippen LogP contribution in [-0.4, -0.2) is 9.13 Å². The van der Waals surface area contributed by atoms with Crippen LogP contribution in [0.2, 0.25) is 0 Å². The van der Waals surface area contributed by atoms with Gasteiger partial charge in [-0.2, -0.15) is 0 Å². The molecule has 0 bridgehead atoms. The largest absolute Gasteiger partial charge is 0.380 e. The summed E-state index contributed by atoms with van der Waals surface area (Å²) < 4.78 is 4.37. The van der Waals surface area contributed by atoms with Crippen LogP contribution < -0.4 is 16.6 Å². The number of nitrogens with zero attached hydrogens (tertiary/aromatic N) is 2. The predicted molar refractivity (Wildman–Crippen MR) is 86.1 cm³/mol. The Bertz CT molecular complexity index is 765. The van der Waals surface area contributed by atoms with Gasteiger partial charge in [0.1, 0.15) is 0 Å². The number of hydrogen-bond donors (Lipinski definition) is 1. The topological polar surface area (TPSA) is 56.0 Å². The zero-order chi connectivity index (χ0) is 14.9. The Hall–Kier alpha value is -1.34. The zero-order valence-corrected chi connectivity index (χ0v) is 14.2. The maximum absolute atomic E-state index is 12.0. The molecule has 0 amide bonds. The molecule has 1 N–H and O–H groups in total. The Morgan fingerprint density at radius 1 is 1.20 bits per heavy atom. The van der Waals surface area contributed by atoms with Gasteiger partial charge in [-0.25, -0.2) is 4.79 Å². The van der Waals surface area contributed by atoms with Crippen molar-refractivity contribution in [3.63, 3.8) is 0 Å². The van der Waals surface area contributed by atoms with Crippen LogP contribution in [0.15, 0.2) is 42.9 Å². The lowest BCUT2D eigenvalue weighted by Crippen LogP contribution is -2.38. The number of halogens is 2. The van der Waals surface area contributed by atoms with E-state index in [2.05, 4.69) is 37.2 Å². The number of rotatable bonds is 3. The highest BCUT2D eigenvalue weighted by atomic mass is 79.9. The van der Waals surface area contributed by atoms with E-state index in [9.17, 15) is 9.59 Å². The van der Waals surface area contributed by atoms with Crippen LogP contribution in [-0.2, 0) is 20.6 Å². The van der Waals surface area contributed by atoms with E-state index in [1.54, 1.807) is 13.2 Å². The van der Waals surface area contributed by atoms with Gasteiger partial charge in [0.25, 0.3) is 5.56 Å². The lowest BCUT2D eigenvalue weighted by molar-refractivity contribution is 0.671. The second-order valence-corrected chi connectivity index (χ2v) is 6.16. The van der Waals surface area contributed by atoms with Crippen LogP contribution in [0.1, 0.15) is 5.56 Å². The second-order valence-electron chi connectivity index (χ2n) is 4.39. The van der Waals surface area contributed by atoms with Crippen LogP contribution in [0.4, 0.5) is 5.69 Å². The average Bonchev–Trinajstić information content (AvgIpc) is 2.40. The maximum Gasteiger partial charge on any atom is 0.330 e. The van der Waals surface area contributed by atoms with Crippen molar-refractivity contribution < 1.29 is 0 Å². The van der Waals surface area contributed by atoms with Crippen LogP contribution in [0.5, 0.6) is 0 Å². The van der Waals surface area contributed by atoms with E-state index in [1.165, 1.54) is 11.6 Å². The molecule has 1 aromatic carbocycles. The molecule has 0 aliphatic heterocycles. The molecule has 106 valence electrons. The van der Waals surface area contributed by atoms with E-state index >= 15 is 0 Å². The fourth-order valence-corrected chi connectivity index (χ4v) is 3.01. The third-order valence-electron chi connectivity index (χ3n) is 2.92. The number of anilines is 1. The highest BCUT2D eigenvalue weighted by molar-refractivity contribution is 9.11. The number of hydrogen-bond acceptors (Lipinski definition) is 3. The zero-order valence-electron chi connectivity index (χ0n) is 11.0. The van der Waals surface area contributed by atoms with Gasteiger partial charge in [-0.15, -0.1) is 0 Å². The molecule has 0 atom stereocenters. The summed E-state index contributed by atoms with van der Waals surface area (Å²) in [6.45, 7) is 0.348. The van der Waals surface area contributed by atoms with Crippen molar-refractivity contribution in [3.8, 4) is 0 Å². The number of aryl methyl sites for hydroxylation is 1. The van der Waals surface area contributed by atoms with Crippen molar-refractivity contribution in [3.05, 3.63) is 59.7 Å². The summed E-state index contributed by atoms with van der Waals surface area (Å²) in [6.07, 6.45) is 1.56. The fourth-order valence-electron chi connectivity index (χ4n) is 1.83. The first-order valence-electron chi connectivity index (χ1n) is 5.84. The van der Waals surface area contributed by atoms with Gasteiger partial charge in [0, 0.05) is 41.5 Å². The van der Waals surface area contributed by atoms with Gasteiger partial charge >= 0.3 is 5.69 Å². The van der Waals surface area contributed by atoms with Crippen molar-refractivity contribution in [2.75, 3.05) is 5.32 Å². The lowest BCUT2D eigenvalue weighted by Gasteiger charge is -2.10. The molecule has 1 heterocycles. The molecule has 0 radical (unpaired) electrons. The maximum atomic E-state index is 12.0. The van der Waals surface area contributed by atoms with Crippen molar-refractivity contribution in [1.29, 1.82) is 0 Å². The number of nitrogens with one attached hydrogen (secondary N) is 1. The highest BCUT2D eigenvalue weighted by Crippen LogP contribution is 2.26. The van der Waals surface area contributed by atoms with Gasteiger partial charge in [-0.3, -0.25) is 9.36 Å². The Morgan fingerprint density at radius 2 is 1.90 bits per heavy atom. The van der Waals surface area contributed by atoms with Gasteiger partial charge in [0.2, 0.25) is 0 Å². The molecule has 0 saturated carbocycles. The molecule has 0 spiro atoms. The number of aromatic nitrogens is 2. The first kappa shape index (κ1) is 15.1. The summed E-state index contributed by atoms with van der Waals surface area (Å²) in [6, 6.07) is 5.73. The van der Waals surface area contributed by atoms with Gasteiger partial charge in [-0.05, 0) is 34.1 Å². The first-order chi connectivity index (χ1) is 9.40. The smallest absolute Gasteiger partial charge is 0.330 e. The quantitative estimate of drug-likeness (QED) is 0.856. The van der Waals surface area contributed by atoms with Gasteiger partial charge in [0.15, 0.2) is 0 Å². The molecule has 7 heteroatoms. The molecular weight excluding hydrogens is 390 g/mol. The van der Waals surface area contributed by atoms with E-state index in [0.717, 1.165) is 19.2 Å². The molecule has 0 fully saturated rings. The molecule has 1 aromatic heterocycles.